The molecule has 0 saturated heterocycles. The number of nitrogens with one attached hydrogen (secondary N) is 1. The average molecular weight is 110 g/mol. The third-order valence-electron chi connectivity index (χ3n) is 1.01. The smallest absolute Gasteiger partial charge is 0.0562 e. The lowest BCUT2D eigenvalue weighted by molar-refractivity contribution is 0.852. The van der Waals surface area contributed by atoms with Crippen molar-refractivity contribution in [3.63, 3.8) is 0 Å². The highest BCUT2D eigenvalue weighted by molar-refractivity contribution is 5.77. The van der Waals surface area contributed by atoms with Crippen molar-refractivity contribution >= 4 is 6.21 Å². The monoisotopic (exact) mass is 110 g/mol. The molecule has 0 spiro atoms. The fourth-order valence-corrected chi connectivity index (χ4v) is 0.608. The number of aliphatic imine (C=N–C) groups is 1. The first kappa shape index (κ1) is 5.35. The van der Waals surface area contributed by atoms with Crippen molar-refractivity contribution in [3.05, 3.63) is 11.8 Å². The van der Waals surface area contributed by atoms with Gasteiger partial charge in [-0.15, -0.1) is 0 Å². The van der Waals surface area contributed by atoms with Gasteiger partial charge in [-0.3, -0.25) is 4.99 Å². The van der Waals surface area contributed by atoms with Crippen LogP contribution < -0.4 is 5.32 Å². The number of hydrogen-bond acceptors (Lipinski definition) is 2. The molecule has 0 saturated carbocycles. The molecular weight excluding hydrogens is 100 g/mol. The Labute approximate surface area is 49.3 Å². The van der Waals surface area contributed by atoms with E-state index in [1.807, 2.05) is 19.3 Å². The van der Waals surface area contributed by atoms with Crippen LogP contribution >= 0.6 is 0 Å². The van der Waals surface area contributed by atoms with Crippen molar-refractivity contribution in [2.24, 2.45) is 4.99 Å². The van der Waals surface area contributed by atoms with Gasteiger partial charge in [0.25, 0.3) is 0 Å². The Morgan fingerprint density at radius 3 is 3.50 bits per heavy atom. The molecule has 1 N–H and O–H groups in total. The molecular formula is C6H10N2. The predicted molar refractivity (Wildman–Crippen MR) is 35.1 cm³/mol. The van der Waals surface area contributed by atoms with E-state index in [9.17, 15) is 0 Å². The van der Waals surface area contributed by atoms with E-state index < -0.39 is 0 Å². The summed E-state index contributed by atoms with van der Waals surface area (Å²) in [5, 5.41) is 3.11. The zero-order chi connectivity index (χ0) is 5.82. The lowest BCUT2D eigenvalue weighted by atomic mass is 10.4. The second-order valence-electron chi connectivity index (χ2n) is 1.88. The summed E-state index contributed by atoms with van der Waals surface area (Å²) in [6, 6.07) is 0. The van der Waals surface area contributed by atoms with E-state index in [0.717, 1.165) is 13.1 Å². The first-order chi connectivity index (χ1) is 3.89. The zero-order valence-corrected chi connectivity index (χ0v) is 5.02. The molecule has 0 bridgehead atoms. The van der Waals surface area contributed by atoms with Crippen molar-refractivity contribution in [2.45, 2.75) is 6.92 Å². The summed E-state index contributed by atoms with van der Waals surface area (Å²) in [6.07, 6.45) is 3.87. The van der Waals surface area contributed by atoms with E-state index in [2.05, 4.69) is 10.3 Å². The van der Waals surface area contributed by atoms with Gasteiger partial charge in [0.05, 0.1) is 6.54 Å². The van der Waals surface area contributed by atoms with Crippen LogP contribution in [-0.4, -0.2) is 19.3 Å². The minimum atomic E-state index is 0.897. The van der Waals surface area contributed by atoms with Gasteiger partial charge >= 0.3 is 0 Å². The fourth-order valence-electron chi connectivity index (χ4n) is 0.608. The van der Waals surface area contributed by atoms with Crippen LogP contribution in [0.5, 0.6) is 0 Å². The van der Waals surface area contributed by atoms with E-state index in [0.29, 0.717) is 0 Å². The van der Waals surface area contributed by atoms with Gasteiger partial charge in [-0.25, -0.2) is 0 Å². The fraction of sp³-hybridized carbons (Fsp3) is 0.500. The highest BCUT2D eigenvalue weighted by Gasteiger charge is 1.86. The van der Waals surface area contributed by atoms with Crippen molar-refractivity contribution in [1.82, 2.24) is 5.32 Å². The first-order valence-corrected chi connectivity index (χ1v) is 2.79. The standard InChI is InChI=1S/C6H10N2/c1-6-4-7-2-3-8-5-6/h4-5,7H,2-3H2,1H3. The molecule has 0 amide bonds. The summed E-state index contributed by atoms with van der Waals surface area (Å²) >= 11 is 0. The molecule has 1 aliphatic rings. The van der Waals surface area contributed by atoms with E-state index >= 15 is 0 Å². The molecule has 0 aliphatic carbocycles. The Balaban J connectivity index is 2.55. The number of allylic oxidation sites excluding steroid dienone is 1. The lowest BCUT2D eigenvalue weighted by Crippen LogP contribution is -2.07. The van der Waals surface area contributed by atoms with Crippen molar-refractivity contribution in [1.29, 1.82) is 0 Å². The van der Waals surface area contributed by atoms with Crippen molar-refractivity contribution in [2.75, 3.05) is 13.1 Å². The van der Waals surface area contributed by atoms with E-state index in [4.69, 9.17) is 0 Å². The Morgan fingerprint density at radius 1 is 1.75 bits per heavy atom. The predicted octanol–water partition coefficient (Wildman–Crippen LogP) is 0.564. The third kappa shape index (κ3) is 1.37. The second kappa shape index (κ2) is 2.50. The highest BCUT2D eigenvalue weighted by Crippen LogP contribution is 1.87. The molecule has 0 aromatic carbocycles. The maximum Gasteiger partial charge on any atom is 0.0562 e. The van der Waals surface area contributed by atoms with Gasteiger partial charge in [-0.1, -0.05) is 0 Å². The van der Waals surface area contributed by atoms with Crippen molar-refractivity contribution < 1.29 is 0 Å². The SMILES string of the molecule is CC1=CNCCN=C1. The van der Waals surface area contributed by atoms with Gasteiger partial charge in [0.15, 0.2) is 0 Å². The number of hydrogen-bond donors (Lipinski definition) is 1. The molecule has 0 unspecified atom stereocenters. The highest BCUT2D eigenvalue weighted by atomic mass is 14.9. The van der Waals surface area contributed by atoms with Crippen LogP contribution in [0.3, 0.4) is 0 Å². The minimum Gasteiger partial charge on any atom is -0.389 e. The first-order valence-electron chi connectivity index (χ1n) is 2.79. The summed E-state index contributed by atoms with van der Waals surface area (Å²) in [4.78, 5) is 4.10. The van der Waals surface area contributed by atoms with E-state index in [1.54, 1.807) is 0 Å². The van der Waals surface area contributed by atoms with Crippen LogP contribution in [0, 0.1) is 0 Å². The van der Waals surface area contributed by atoms with Gasteiger partial charge in [0, 0.05) is 19.0 Å². The Kier molecular flexibility index (Phi) is 1.67. The summed E-state index contributed by atoms with van der Waals surface area (Å²) in [5.41, 5.74) is 1.20. The molecule has 1 aliphatic heterocycles. The Morgan fingerprint density at radius 2 is 2.62 bits per heavy atom. The molecule has 1 rings (SSSR count). The lowest BCUT2D eigenvalue weighted by Gasteiger charge is -1.90. The van der Waals surface area contributed by atoms with Crippen LogP contribution in [0.15, 0.2) is 16.8 Å². The topological polar surface area (TPSA) is 24.4 Å². The maximum absolute atomic E-state index is 4.10. The minimum absolute atomic E-state index is 0.897. The largest absolute Gasteiger partial charge is 0.389 e. The molecule has 0 aromatic heterocycles. The maximum atomic E-state index is 4.10. The Hall–Kier alpha value is -0.790. The van der Waals surface area contributed by atoms with Gasteiger partial charge in [-0.05, 0) is 12.5 Å². The van der Waals surface area contributed by atoms with Crippen LogP contribution in [0.2, 0.25) is 0 Å². The van der Waals surface area contributed by atoms with Crippen LogP contribution in [-0.2, 0) is 0 Å². The zero-order valence-electron chi connectivity index (χ0n) is 5.02. The van der Waals surface area contributed by atoms with E-state index in [1.165, 1.54) is 5.57 Å². The van der Waals surface area contributed by atoms with Gasteiger partial charge < -0.3 is 5.32 Å². The number of nitrogens with zero attached hydrogens (tertiary/aromatic N) is 1. The second-order valence-corrected chi connectivity index (χ2v) is 1.88. The molecule has 0 fully saturated rings. The molecule has 0 atom stereocenters. The summed E-state index contributed by atoms with van der Waals surface area (Å²) in [7, 11) is 0. The molecule has 8 heavy (non-hydrogen) atoms. The van der Waals surface area contributed by atoms with Gasteiger partial charge in [-0.2, -0.15) is 0 Å². The molecule has 2 heteroatoms. The van der Waals surface area contributed by atoms with E-state index in [-0.39, 0.29) is 0 Å². The number of rotatable bonds is 0. The molecule has 44 valence electrons. The Bertz CT molecular complexity index is 124. The van der Waals surface area contributed by atoms with Crippen LogP contribution in [0.1, 0.15) is 6.92 Å². The van der Waals surface area contributed by atoms with Gasteiger partial charge in [0.1, 0.15) is 0 Å². The third-order valence-corrected chi connectivity index (χ3v) is 1.01. The summed E-state index contributed by atoms with van der Waals surface area (Å²) in [5.74, 6) is 0. The molecule has 2 nitrogen and oxygen atoms in total. The normalized spacial score (nSPS) is 18.9. The summed E-state index contributed by atoms with van der Waals surface area (Å²) in [6.45, 7) is 3.89. The average Bonchev–Trinajstić information content (AvgIpc) is 1.94. The molecule has 0 radical (unpaired) electrons. The molecule has 1 heterocycles. The quantitative estimate of drug-likeness (QED) is 0.484. The molecule has 0 aromatic rings. The summed E-state index contributed by atoms with van der Waals surface area (Å²) < 4.78 is 0. The van der Waals surface area contributed by atoms with Crippen LogP contribution in [0.25, 0.3) is 0 Å². The van der Waals surface area contributed by atoms with Crippen molar-refractivity contribution in [3.8, 4) is 0 Å². The van der Waals surface area contributed by atoms with Crippen LogP contribution in [0.4, 0.5) is 0 Å². The van der Waals surface area contributed by atoms with Gasteiger partial charge in [0.2, 0.25) is 0 Å².